The van der Waals surface area contributed by atoms with Crippen LogP contribution < -0.4 is 0 Å². The van der Waals surface area contributed by atoms with E-state index in [-0.39, 0.29) is 5.78 Å². The van der Waals surface area contributed by atoms with Crippen molar-refractivity contribution in [2.45, 2.75) is 20.3 Å². The van der Waals surface area contributed by atoms with Crippen LogP contribution in [0.3, 0.4) is 0 Å². The van der Waals surface area contributed by atoms with Crippen molar-refractivity contribution in [3.63, 3.8) is 0 Å². The molecule has 3 heteroatoms. The molecule has 0 saturated heterocycles. The monoisotopic (exact) mass is 139 g/mol. The fraction of sp³-hybridized carbons (Fsp3) is 0.429. The van der Waals surface area contributed by atoms with E-state index in [1.165, 1.54) is 0 Å². The molecule has 0 fully saturated rings. The minimum absolute atomic E-state index is 0.0249. The first-order chi connectivity index (χ1) is 4.74. The van der Waals surface area contributed by atoms with E-state index in [4.69, 9.17) is 4.52 Å². The molecule has 0 bridgehead atoms. The van der Waals surface area contributed by atoms with E-state index in [0.29, 0.717) is 17.9 Å². The SMILES string of the molecule is CCC(=O)c1cc(C)on1. The number of Topliss-reactive ketones (excluding diaryl/α,β-unsaturated/α-hetero) is 1. The van der Waals surface area contributed by atoms with E-state index in [0.717, 1.165) is 0 Å². The summed E-state index contributed by atoms with van der Waals surface area (Å²) in [5.41, 5.74) is 0.431. The molecule has 0 amide bonds. The molecule has 0 N–H and O–H groups in total. The van der Waals surface area contributed by atoms with E-state index in [1.807, 2.05) is 0 Å². The van der Waals surface area contributed by atoms with E-state index in [2.05, 4.69) is 5.16 Å². The Morgan fingerprint density at radius 1 is 1.80 bits per heavy atom. The Morgan fingerprint density at radius 3 is 2.90 bits per heavy atom. The van der Waals surface area contributed by atoms with Gasteiger partial charge >= 0.3 is 0 Å². The van der Waals surface area contributed by atoms with Gasteiger partial charge in [0, 0.05) is 12.5 Å². The van der Waals surface area contributed by atoms with Gasteiger partial charge in [0.15, 0.2) is 5.78 Å². The summed E-state index contributed by atoms with van der Waals surface area (Å²) in [5, 5.41) is 3.56. The Morgan fingerprint density at radius 2 is 2.50 bits per heavy atom. The van der Waals surface area contributed by atoms with Gasteiger partial charge in [0.25, 0.3) is 0 Å². The van der Waals surface area contributed by atoms with Crippen molar-refractivity contribution in [2.75, 3.05) is 0 Å². The fourth-order valence-electron chi connectivity index (χ4n) is 0.679. The lowest BCUT2D eigenvalue weighted by molar-refractivity contribution is 0.0979. The molecule has 54 valence electrons. The number of carbonyl (C=O) groups excluding carboxylic acids is 1. The van der Waals surface area contributed by atoms with Crippen LogP contribution in [-0.4, -0.2) is 10.9 Å². The van der Waals surface area contributed by atoms with Gasteiger partial charge in [-0.2, -0.15) is 0 Å². The number of hydrogen-bond donors (Lipinski definition) is 0. The van der Waals surface area contributed by atoms with Crippen LogP contribution in [0.15, 0.2) is 10.6 Å². The molecule has 0 atom stereocenters. The van der Waals surface area contributed by atoms with Gasteiger partial charge in [0.1, 0.15) is 11.5 Å². The second-order valence-electron chi connectivity index (χ2n) is 2.10. The van der Waals surface area contributed by atoms with Crippen LogP contribution in [0.2, 0.25) is 0 Å². The second kappa shape index (κ2) is 2.64. The lowest BCUT2D eigenvalue weighted by Gasteiger charge is -1.83. The fourth-order valence-corrected chi connectivity index (χ4v) is 0.679. The Hall–Kier alpha value is -1.12. The van der Waals surface area contributed by atoms with Crippen molar-refractivity contribution >= 4 is 5.78 Å². The molecule has 0 aliphatic carbocycles. The number of carbonyl (C=O) groups is 1. The van der Waals surface area contributed by atoms with Gasteiger partial charge in [-0.25, -0.2) is 0 Å². The summed E-state index contributed by atoms with van der Waals surface area (Å²) >= 11 is 0. The maximum Gasteiger partial charge on any atom is 0.184 e. The number of aryl methyl sites for hydroxylation is 1. The van der Waals surface area contributed by atoms with E-state index in [9.17, 15) is 4.79 Å². The van der Waals surface area contributed by atoms with Crippen molar-refractivity contribution in [2.24, 2.45) is 0 Å². The minimum Gasteiger partial charge on any atom is -0.361 e. The third kappa shape index (κ3) is 1.23. The summed E-state index contributed by atoms with van der Waals surface area (Å²) in [5.74, 6) is 0.702. The zero-order valence-electron chi connectivity index (χ0n) is 6.05. The lowest BCUT2D eigenvalue weighted by Crippen LogP contribution is -1.95. The molecule has 0 unspecified atom stereocenters. The zero-order valence-corrected chi connectivity index (χ0v) is 6.05. The Labute approximate surface area is 59.0 Å². The molecular formula is C7H9NO2. The van der Waals surface area contributed by atoms with Gasteiger partial charge < -0.3 is 4.52 Å². The highest BCUT2D eigenvalue weighted by Crippen LogP contribution is 2.03. The highest BCUT2D eigenvalue weighted by molar-refractivity contribution is 5.93. The summed E-state index contributed by atoms with van der Waals surface area (Å²) in [6.07, 6.45) is 0.478. The Balaban J connectivity index is 2.85. The molecule has 0 aromatic carbocycles. The zero-order chi connectivity index (χ0) is 7.56. The number of aromatic nitrogens is 1. The molecule has 0 aliphatic rings. The highest BCUT2D eigenvalue weighted by Gasteiger charge is 2.06. The van der Waals surface area contributed by atoms with Crippen LogP contribution in [0.5, 0.6) is 0 Å². The first-order valence-corrected chi connectivity index (χ1v) is 3.20. The van der Waals surface area contributed by atoms with Gasteiger partial charge in [-0.3, -0.25) is 4.79 Å². The average Bonchev–Trinajstić information content (AvgIpc) is 2.34. The summed E-state index contributed by atoms with van der Waals surface area (Å²) in [7, 11) is 0. The van der Waals surface area contributed by atoms with Crippen LogP contribution >= 0.6 is 0 Å². The molecule has 1 aromatic heterocycles. The molecule has 10 heavy (non-hydrogen) atoms. The molecule has 0 aliphatic heterocycles. The summed E-state index contributed by atoms with van der Waals surface area (Å²) in [6, 6.07) is 1.64. The molecule has 0 radical (unpaired) electrons. The van der Waals surface area contributed by atoms with Crippen LogP contribution in [0.1, 0.15) is 29.6 Å². The number of nitrogens with zero attached hydrogens (tertiary/aromatic N) is 1. The van der Waals surface area contributed by atoms with Crippen molar-refractivity contribution in [1.29, 1.82) is 0 Å². The van der Waals surface area contributed by atoms with Crippen molar-refractivity contribution in [3.05, 3.63) is 17.5 Å². The van der Waals surface area contributed by atoms with Crippen molar-refractivity contribution in [3.8, 4) is 0 Å². The van der Waals surface area contributed by atoms with Gasteiger partial charge in [-0.15, -0.1) is 0 Å². The maximum atomic E-state index is 10.9. The largest absolute Gasteiger partial charge is 0.361 e. The Bertz CT molecular complexity index is 240. The third-order valence-electron chi connectivity index (χ3n) is 1.23. The summed E-state index contributed by atoms with van der Waals surface area (Å²) in [4.78, 5) is 10.9. The topological polar surface area (TPSA) is 43.1 Å². The van der Waals surface area contributed by atoms with Gasteiger partial charge in [0.2, 0.25) is 0 Å². The number of ketones is 1. The van der Waals surface area contributed by atoms with E-state index < -0.39 is 0 Å². The van der Waals surface area contributed by atoms with Crippen molar-refractivity contribution in [1.82, 2.24) is 5.16 Å². The van der Waals surface area contributed by atoms with Crippen LogP contribution in [0.25, 0.3) is 0 Å². The molecule has 1 rings (SSSR count). The Kier molecular flexibility index (Phi) is 1.85. The van der Waals surface area contributed by atoms with Crippen LogP contribution in [-0.2, 0) is 0 Å². The highest BCUT2D eigenvalue weighted by atomic mass is 16.5. The van der Waals surface area contributed by atoms with Gasteiger partial charge in [-0.1, -0.05) is 12.1 Å². The number of rotatable bonds is 2. The first kappa shape index (κ1) is 6.99. The molecule has 1 heterocycles. The standard InChI is InChI=1S/C7H9NO2/c1-3-7(9)6-4-5(2)10-8-6/h4H,3H2,1-2H3. The predicted molar refractivity (Wildman–Crippen MR) is 35.9 cm³/mol. The van der Waals surface area contributed by atoms with Crippen LogP contribution in [0.4, 0.5) is 0 Å². The molecule has 1 aromatic rings. The van der Waals surface area contributed by atoms with Gasteiger partial charge in [0.05, 0.1) is 0 Å². The van der Waals surface area contributed by atoms with Crippen molar-refractivity contribution < 1.29 is 9.32 Å². The third-order valence-corrected chi connectivity index (χ3v) is 1.23. The summed E-state index contributed by atoms with van der Waals surface area (Å²) < 4.78 is 4.72. The van der Waals surface area contributed by atoms with E-state index in [1.54, 1.807) is 19.9 Å². The molecule has 0 saturated carbocycles. The number of hydrogen-bond acceptors (Lipinski definition) is 3. The maximum absolute atomic E-state index is 10.9. The van der Waals surface area contributed by atoms with Gasteiger partial charge in [-0.05, 0) is 6.92 Å². The first-order valence-electron chi connectivity index (χ1n) is 3.20. The van der Waals surface area contributed by atoms with E-state index >= 15 is 0 Å². The normalized spacial score (nSPS) is 9.80. The quantitative estimate of drug-likeness (QED) is 0.584. The minimum atomic E-state index is 0.0249. The summed E-state index contributed by atoms with van der Waals surface area (Å²) in [6.45, 7) is 3.56. The smallest absolute Gasteiger partial charge is 0.184 e. The molecular weight excluding hydrogens is 130 g/mol. The second-order valence-corrected chi connectivity index (χ2v) is 2.10. The average molecular weight is 139 g/mol. The lowest BCUT2D eigenvalue weighted by atomic mass is 10.2. The molecule has 0 spiro atoms. The van der Waals surface area contributed by atoms with Crippen LogP contribution in [0, 0.1) is 6.92 Å². The predicted octanol–water partition coefficient (Wildman–Crippen LogP) is 1.58. The molecule has 3 nitrogen and oxygen atoms in total.